The molecule has 0 spiro atoms. The highest BCUT2D eigenvalue weighted by molar-refractivity contribution is 6.30. The topological polar surface area (TPSA) is 72.3 Å². The van der Waals surface area contributed by atoms with Gasteiger partial charge in [-0.05, 0) is 18.6 Å². The summed E-state index contributed by atoms with van der Waals surface area (Å²) in [6, 6.07) is 3.14. The minimum atomic E-state index is -1.09. The summed E-state index contributed by atoms with van der Waals surface area (Å²) in [5.41, 5.74) is 0.597. The molecule has 2 rings (SSSR count). The Kier molecular flexibility index (Phi) is 3.43. The number of pyridine rings is 2. The van der Waals surface area contributed by atoms with Crippen LogP contribution in [-0.2, 0) is 0 Å². The number of hydrogen-bond donors (Lipinski definition) is 1. The van der Waals surface area contributed by atoms with Crippen LogP contribution >= 0.6 is 11.6 Å². The van der Waals surface area contributed by atoms with Crippen LogP contribution in [0, 0.1) is 6.92 Å². The van der Waals surface area contributed by atoms with Crippen LogP contribution in [0.3, 0.4) is 0 Å². The molecule has 1 N–H and O–H groups in total. The third kappa shape index (κ3) is 2.57. The number of rotatable bonds is 3. The van der Waals surface area contributed by atoms with Crippen LogP contribution in [0.25, 0.3) is 0 Å². The lowest BCUT2D eigenvalue weighted by atomic mass is 10.1. The molecule has 18 heavy (non-hydrogen) atoms. The van der Waals surface area contributed by atoms with Gasteiger partial charge in [-0.2, -0.15) is 0 Å². The molecule has 2 heterocycles. The van der Waals surface area contributed by atoms with Crippen molar-refractivity contribution in [2.75, 3.05) is 0 Å². The van der Waals surface area contributed by atoms with E-state index in [1.165, 1.54) is 24.7 Å². The van der Waals surface area contributed by atoms with E-state index in [1.807, 2.05) is 0 Å². The maximum atomic E-state index is 11.1. The Morgan fingerprint density at radius 1 is 1.44 bits per heavy atom. The lowest BCUT2D eigenvalue weighted by molar-refractivity contribution is 0.0692. The quantitative estimate of drug-likeness (QED) is 0.923. The number of carbonyl (C=O) groups is 1. The normalized spacial score (nSPS) is 10.1. The molecule has 0 aromatic carbocycles. The molecular weight excluding hydrogens is 256 g/mol. The molecule has 0 unspecified atom stereocenters. The summed E-state index contributed by atoms with van der Waals surface area (Å²) < 4.78 is 5.39. The molecule has 0 atom stereocenters. The van der Waals surface area contributed by atoms with Crippen molar-refractivity contribution in [3.8, 4) is 11.6 Å². The standard InChI is InChI=1S/C12H9ClN2O3/c1-7-2-3-15-11(10(7)12(16)17)18-9-4-8(13)5-14-6-9/h2-6H,1H3,(H,16,17). The van der Waals surface area contributed by atoms with Gasteiger partial charge in [-0.1, -0.05) is 11.6 Å². The highest BCUT2D eigenvalue weighted by atomic mass is 35.5. The SMILES string of the molecule is Cc1ccnc(Oc2cncc(Cl)c2)c1C(=O)O. The van der Waals surface area contributed by atoms with Crippen LogP contribution < -0.4 is 4.74 Å². The first-order valence-corrected chi connectivity index (χ1v) is 5.43. The number of aromatic carboxylic acids is 1. The van der Waals surface area contributed by atoms with E-state index in [9.17, 15) is 4.79 Å². The highest BCUT2D eigenvalue weighted by Crippen LogP contribution is 2.26. The van der Waals surface area contributed by atoms with E-state index in [0.29, 0.717) is 16.3 Å². The summed E-state index contributed by atoms with van der Waals surface area (Å²) in [6.07, 6.45) is 4.37. The molecule has 0 aliphatic rings. The largest absolute Gasteiger partial charge is 0.477 e. The smallest absolute Gasteiger partial charge is 0.341 e. The Morgan fingerprint density at radius 2 is 2.22 bits per heavy atom. The number of carboxylic acids is 1. The zero-order valence-corrected chi connectivity index (χ0v) is 10.2. The van der Waals surface area contributed by atoms with Crippen molar-refractivity contribution in [1.82, 2.24) is 9.97 Å². The van der Waals surface area contributed by atoms with E-state index < -0.39 is 5.97 Å². The summed E-state index contributed by atoms with van der Waals surface area (Å²) >= 11 is 5.77. The van der Waals surface area contributed by atoms with Crippen molar-refractivity contribution in [2.24, 2.45) is 0 Å². The molecule has 0 radical (unpaired) electrons. The van der Waals surface area contributed by atoms with Crippen LogP contribution in [0.4, 0.5) is 0 Å². The van der Waals surface area contributed by atoms with E-state index in [0.717, 1.165) is 0 Å². The van der Waals surface area contributed by atoms with Gasteiger partial charge in [0.2, 0.25) is 5.88 Å². The van der Waals surface area contributed by atoms with Crippen molar-refractivity contribution >= 4 is 17.6 Å². The van der Waals surface area contributed by atoms with Crippen molar-refractivity contribution in [3.63, 3.8) is 0 Å². The fraction of sp³-hybridized carbons (Fsp3) is 0.0833. The number of hydrogen-bond acceptors (Lipinski definition) is 4. The number of carboxylic acid groups (broad SMARTS) is 1. The van der Waals surface area contributed by atoms with Gasteiger partial charge in [0, 0.05) is 18.5 Å². The van der Waals surface area contributed by atoms with Gasteiger partial charge < -0.3 is 9.84 Å². The zero-order valence-electron chi connectivity index (χ0n) is 9.42. The molecule has 2 aromatic heterocycles. The first-order valence-electron chi connectivity index (χ1n) is 5.05. The molecule has 0 fully saturated rings. The maximum Gasteiger partial charge on any atom is 0.341 e. The second-order valence-corrected chi connectivity index (χ2v) is 3.99. The van der Waals surface area contributed by atoms with Crippen molar-refractivity contribution < 1.29 is 14.6 Å². The van der Waals surface area contributed by atoms with E-state index in [1.54, 1.807) is 13.0 Å². The lowest BCUT2D eigenvalue weighted by Crippen LogP contribution is -2.04. The molecule has 6 heteroatoms. The summed E-state index contributed by atoms with van der Waals surface area (Å²) in [5.74, 6) is -0.736. The van der Waals surface area contributed by atoms with Crippen LogP contribution in [0.5, 0.6) is 11.6 Å². The van der Waals surface area contributed by atoms with Gasteiger partial charge in [-0.25, -0.2) is 9.78 Å². The Labute approximate surface area is 108 Å². The fourth-order valence-corrected chi connectivity index (χ4v) is 1.59. The fourth-order valence-electron chi connectivity index (χ4n) is 1.43. The molecule has 92 valence electrons. The maximum absolute atomic E-state index is 11.1. The molecule has 0 saturated carbocycles. The average Bonchev–Trinajstić information content (AvgIpc) is 2.28. The summed E-state index contributed by atoms with van der Waals surface area (Å²) in [7, 11) is 0. The molecule has 0 aliphatic heterocycles. The van der Waals surface area contributed by atoms with E-state index in [4.69, 9.17) is 21.4 Å². The van der Waals surface area contributed by atoms with Crippen molar-refractivity contribution in [1.29, 1.82) is 0 Å². The van der Waals surface area contributed by atoms with E-state index in [2.05, 4.69) is 9.97 Å². The molecule has 0 amide bonds. The molecule has 0 saturated heterocycles. The van der Waals surface area contributed by atoms with E-state index in [-0.39, 0.29) is 11.4 Å². The van der Waals surface area contributed by atoms with Crippen LogP contribution in [0.15, 0.2) is 30.7 Å². The lowest BCUT2D eigenvalue weighted by Gasteiger charge is -2.08. The van der Waals surface area contributed by atoms with Gasteiger partial charge in [-0.15, -0.1) is 0 Å². The van der Waals surface area contributed by atoms with Gasteiger partial charge >= 0.3 is 5.97 Å². The Hall–Kier alpha value is -2.14. The molecule has 0 bridgehead atoms. The second kappa shape index (κ2) is 5.01. The molecule has 0 aliphatic carbocycles. The van der Waals surface area contributed by atoms with Crippen LogP contribution in [-0.4, -0.2) is 21.0 Å². The van der Waals surface area contributed by atoms with Gasteiger partial charge in [-0.3, -0.25) is 4.98 Å². The molecule has 2 aromatic rings. The second-order valence-electron chi connectivity index (χ2n) is 3.55. The summed E-state index contributed by atoms with van der Waals surface area (Å²) in [5, 5.41) is 9.52. The predicted octanol–water partition coefficient (Wildman–Crippen LogP) is 2.93. The Morgan fingerprint density at radius 3 is 2.89 bits per heavy atom. The monoisotopic (exact) mass is 264 g/mol. The minimum absolute atomic E-state index is 0.0200. The third-order valence-corrected chi connectivity index (χ3v) is 2.44. The van der Waals surface area contributed by atoms with Crippen LogP contribution in [0.1, 0.15) is 15.9 Å². The minimum Gasteiger partial charge on any atom is -0.477 e. The Balaban J connectivity index is 2.40. The van der Waals surface area contributed by atoms with Gasteiger partial charge in [0.25, 0.3) is 0 Å². The highest BCUT2D eigenvalue weighted by Gasteiger charge is 2.16. The van der Waals surface area contributed by atoms with Gasteiger partial charge in [0.05, 0.1) is 11.2 Å². The molecule has 5 nitrogen and oxygen atoms in total. The number of aromatic nitrogens is 2. The first kappa shape index (κ1) is 12.3. The summed E-state index contributed by atoms with van der Waals surface area (Å²) in [4.78, 5) is 18.9. The van der Waals surface area contributed by atoms with Crippen molar-refractivity contribution in [3.05, 3.63) is 46.9 Å². The van der Waals surface area contributed by atoms with Gasteiger partial charge in [0.15, 0.2) is 0 Å². The van der Waals surface area contributed by atoms with Crippen LogP contribution in [0.2, 0.25) is 5.02 Å². The van der Waals surface area contributed by atoms with E-state index >= 15 is 0 Å². The third-order valence-electron chi connectivity index (χ3n) is 2.23. The zero-order chi connectivity index (χ0) is 13.1. The van der Waals surface area contributed by atoms with Gasteiger partial charge in [0.1, 0.15) is 11.3 Å². The Bertz CT molecular complexity index is 602. The summed E-state index contributed by atoms with van der Waals surface area (Å²) in [6.45, 7) is 1.67. The number of halogens is 1. The first-order chi connectivity index (χ1) is 8.58. The molecular formula is C12H9ClN2O3. The number of ether oxygens (including phenoxy) is 1. The number of nitrogens with zero attached hydrogens (tertiary/aromatic N) is 2. The predicted molar refractivity (Wildman–Crippen MR) is 65.3 cm³/mol. The number of aryl methyl sites for hydroxylation is 1. The average molecular weight is 265 g/mol. The van der Waals surface area contributed by atoms with Crippen molar-refractivity contribution in [2.45, 2.75) is 6.92 Å².